The molecule has 0 atom stereocenters. The van der Waals surface area contributed by atoms with Gasteiger partial charge in [-0.2, -0.15) is 4.98 Å². The van der Waals surface area contributed by atoms with Crippen LogP contribution in [0.2, 0.25) is 0 Å². The molecule has 0 fully saturated rings. The zero-order chi connectivity index (χ0) is 17.4. The monoisotopic (exact) mass is 335 g/mol. The number of amides is 1. The fourth-order valence-corrected chi connectivity index (χ4v) is 1.93. The molecule has 0 aliphatic rings. The van der Waals surface area contributed by atoms with Crippen LogP contribution in [0, 0.1) is 5.82 Å². The fourth-order valence-electron chi connectivity index (χ4n) is 1.93. The first-order valence-corrected chi connectivity index (χ1v) is 8.02. The van der Waals surface area contributed by atoms with Crippen LogP contribution in [0.15, 0.2) is 28.8 Å². The van der Waals surface area contributed by atoms with Crippen molar-refractivity contribution in [2.45, 2.75) is 39.0 Å². The van der Waals surface area contributed by atoms with Crippen LogP contribution >= 0.6 is 0 Å². The molecular weight excluding hydrogens is 313 g/mol. The van der Waals surface area contributed by atoms with Gasteiger partial charge in [-0.1, -0.05) is 19.0 Å². The van der Waals surface area contributed by atoms with Crippen LogP contribution in [0.4, 0.5) is 4.39 Å². The predicted octanol–water partition coefficient (Wildman–Crippen LogP) is 2.85. The summed E-state index contributed by atoms with van der Waals surface area (Å²) >= 11 is 0. The Balaban J connectivity index is 1.57. The first-order valence-electron chi connectivity index (χ1n) is 8.02. The minimum atomic E-state index is -0.295. The fraction of sp³-hybridized carbons (Fsp3) is 0.471. The lowest BCUT2D eigenvalue weighted by Gasteiger charge is -2.07. The molecule has 0 aliphatic carbocycles. The molecule has 0 radical (unpaired) electrons. The van der Waals surface area contributed by atoms with Crippen molar-refractivity contribution >= 4 is 5.91 Å². The van der Waals surface area contributed by atoms with Crippen LogP contribution < -0.4 is 10.1 Å². The van der Waals surface area contributed by atoms with Gasteiger partial charge in [-0.05, 0) is 30.7 Å². The molecule has 1 N–H and O–H groups in total. The zero-order valence-electron chi connectivity index (χ0n) is 13.9. The molecule has 1 aromatic heterocycles. The van der Waals surface area contributed by atoms with Gasteiger partial charge >= 0.3 is 0 Å². The molecule has 0 saturated carbocycles. The highest BCUT2D eigenvalue weighted by Crippen LogP contribution is 2.11. The highest BCUT2D eigenvalue weighted by molar-refractivity contribution is 5.75. The molecule has 7 heteroatoms. The predicted molar refractivity (Wildman–Crippen MR) is 86.2 cm³/mol. The van der Waals surface area contributed by atoms with Gasteiger partial charge in [0.2, 0.25) is 11.8 Å². The van der Waals surface area contributed by atoms with Crippen molar-refractivity contribution in [1.29, 1.82) is 0 Å². The normalized spacial score (nSPS) is 10.8. The van der Waals surface area contributed by atoms with Crippen LogP contribution in [0.3, 0.4) is 0 Å². The second kappa shape index (κ2) is 9.00. The molecule has 0 unspecified atom stereocenters. The van der Waals surface area contributed by atoms with E-state index < -0.39 is 0 Å². The van der Waals surface area contributed by atoms with Gasteiger partial charge < -0.3 is 14.6 Å². The Morgan fingerprint density at radius 1 is 1.33 bits per heavy atom. The smallest absolute Gasteiger partial charge is 0.227 e. The summed E-state index contributed by atoms with van der Waals surface area (Å²) in [4.78, 5) is 16.0. The molecule has 2 rings (SSSR count). The van der Waals surface area contributed by atoms with Crippen molar-refractivity contribution in [1.82, 2.24) is 15.5 Å². The second-order valence-corrected chi connectivity index (χ2v) is 5.71. The summed E-state index contributed by atoms with van der Waals surface area (Å²) in [5.74, 6) is 1.59. The van der Waals surface area contributed by atoms with E-state index in [2.05, 4.69) is 15.5 Å². The number of carbonyl (C=O) groups is 1. The lowest BCUT2D eigenvalue weighted by atomic mass is 10.2. The topological polar surface area (TPSA) is 77.2 Å². The molecule has 6 nitrogen and oxygen atoms in total. The molecule has 2 aromatic rings. The second-order valence-electron chi connectivity index (χ2n) is 5.71. The first kappa shape index (κ1) is 17.9. The summed E-state index contributed by atoms with van der Waals surface area (Å²) in [6, 6.07) is 5.84. The number of hydrogen-bond donors (Lipinski definition) is 1. The molecule has 0 saturated heterocycles. The first-order chi connectivity index (χ1) is 11.5. The van der Waals surface area contributed by atoms with E-state index in [1.165, 1.54) is 12.1 Å². The van der Waals surface area contributed by atoms with E-state index in [0.717, 1.165) is 0 Å². The van der Waals surface area contributed by atoms with Crippen molar-refractivity contribution in [2.24, 2.45) is 0 Å². The number of benzene rings is 1. The number of aromatic nitrogens is 2. The SMILES string of the molecule is CC(C)c1noc(CCC(=O)NCCCOc2ccc(F)cc2)n1. The average Bonchev–Trinajstić information content (AvgIpc) is 3.04. The van der Waals surface area contributed by atoms with Gasteiger partial charge in [-0.15, -0.1) is 0 Å². The molecule has 1 heterocycles. The van der Waals surface area contributed by atoms with Gasteiger partial charge in [0.25, 0.3) is 0 Å². The number of carbonyl (C=O) groups excluding carboxylic acids is 1. The highest BCUT2D eigenvalue weighted by Gasteiger charge is 2.11. The maximum atomic E-state index is 12.7. The number of nitrogens with one attached hydrogen (secondary N) is 1. The van der Waals surface area contributed by atoms with E-state index in [0.29, 0.717) is 49.9 Å². The molecular formula is C17H22FN3O3. The van der Waals surface area contributed by atoms with E-state index in [1.54, 1.807) is 12.1 Å². The van der Waals surface area contributed by atoms with Crippen LogP contribution in [0.1, 0.15) is 44.3 Å². The van der Waals surface area contributed by atoms with E-state index in [1.807, 2.05) is 13.8 Å². The summed E-state index contributed by atoms with van der Waals surface area (Å²) < 4.78 is 23.3. The van der Waals surface area contributed by atoms with Crippen molar-refractivity contribution in [3.63, 3.8) is 0 Å². The van der Waals surface area contributed by atoms with Gasteiger partial charge in [-0.3, -0.25) is 4.79 Å². The third-order valence-electron chi connectivity index (χ3n) is 3.29. The zero-order valence-corrected chi connectivity index (χ0v) is 13.9. The van der Waals surface area contributed by atoms with Crippen molar-refractivity contribution in [2.75, 3.05) is 13.2 Å². The Hall–Kier alpha value is -2.44. The van der Waals surface area contributed by atoms with Crippen LogP contribution in [-0.2, 0) is 11.2 Å². The van der Waals surface area contributed by atoms with E-state index >= 15 is 0 Å². The molecule has 130 valence electrons. The molecule has 1 aromatic carbocycles. The minimum Gasteiger partial charge on any atom is -0.494 e. The Bertz CT molecular complexity index is 641. The molecule has 24 heavy (non-hydrogen) atoms. The maximum Gasteiger partial charge on any atom is 0.227 e. The van der Waals surface area contributed by atoms with Crippen molar-refractivity contribution in [3.8, 4) is 5.75 Å². The number of nitrogens with zero attached hydrogens (tertiary/aromatic N) is 2. The van der Waals surface area contributed by atoms with Gasteiger partial charge in [-0.25, -0.2) is 4.39 Å². The Morgan fingerprint density at radius 2 is 2.08 bits per heavy atom. The lowest BCUT2D eigenvalue weighted by molar-refractivity contribution is -0.121. The van der Waals surface area contributed by atoms with Gasteiger partial charge in [0.05, 0.1) is 6.61 Å². The van der Waals surface area contributed by atoms with Gasteiger partial charge in [0.15, 0.2) is 5.82 Å². The van der Waals surface area contributed by atoms with Gasteiger partial charge in [0, 0.05) is 25.3 Å². The van der Waals surface area contributed by atoms with Crippen LogP contribution in [0.5, 0.6) is 5.75 Å². The maximum absolute atomic E-state index is 12.7. The summed E-state index contributed by atoms with van der Waals surface area (Å²) in [6.07, 6.45) is 1.40. The molecule has 0 bridgehead atoms. The molecule has 0 aliphatic heterocycles. The third-order valence-corrected chi connectivity index (χ3v) is 3.29. The van der Waals surface area contributed by atoms with Crippen LogP contribution in [-0.4, -0.2) is 29.2 Å². The largest absolute Gasteiger partial charge is 0.494 e. The summed E-state index contributed by atoms with van der Waals surface area (Å²) in [5.41, 5.74) is 0. The molecule has 0 spiro atoms. The van der Waals surface area contributed by atoms with E-state index in [-0.39, 0.29) is 17.6 Å². The van der Waals surface area contributed by atoms with Gasteiger partial charge in [0.1, 0.15) is 11.6 Å². The minimum absolute atomic E-state index is 0.0684. The standard InChI is InChI=1S/C17H22FN3O3/c1-12(2)17-20-16(24-21-17)9-8-15(22)19-10-3-11-23-14-6-4-13(18)5-7-14/h4-7,12H,3,8-11H2,1-2H3,(H,19,22). The number of ether oxygens (including phenoxy) is 1. The van der Waals surface area contributed by atoms with Crippen molar-refractivity contribution in [3.05, 3.63) is 41.8 Å². The number of halogens is 1. The quantitative estimate of drug-likeness (QED) is 0.713. The highest BCUT2D eigenvalue weighted by atomic mass is 19.1. The number of hydrogen-bond acceptors (Lipinski definition) is 5. The number of rotatable bonds is 9. The van der Waals surface area contributed by atoms with Crippen molar-refractivity contribution < 1.29 is 18.4 Å². The lowest BCUT2D eigenvalue weighted by Crippen LogP contribution is -2.25. The summed E-state index contributed by atoms with van der Waals surface area (Å²) in [6.45, 7) is 4.93. The summed E-state index contributed by atoms with van der Waals surface area (Å²) in [5, 5.41) is 6.67. The van der Waals surface area contributed by atoms with E-state index in [9.17, 15) is 9.18 Å². The Morgan fingerprint density at radius 3 is 2.75 bits per heavy atom. The number of aryl methyl sites for hydroxylation is 1. The molecule has 1 amide bonds. The average molecular weight is 335 g/mol. The Labute approximate surface area is 140 Å². The van der Waals surface area contributed by atoms with Crippen LogP contribution in [0.25, 0.3) is 0 Å². The van der Waals surface area contributed by atoms with E-state index in [4.69, 9.17) is 9.26 Å². The Kier molecular flexibility index (Phi) is 6.72. The third kappa shape index (κ3) is 5.98. The summed E-state index contributed by atoms with van der Waals surface area (Å²) in [7, 11) is 0.